The van der Waals surface area contributed by atoms with Crippen molar-refractivity contribution in [1.82, 2.24) is 5.01 Å². The number of methoxy groups -OCH3 is 1. The Labute approximate surface area is 120 Å². The van der Waals surface area contributed by atoms with Crippen LogP contribution in [0.1, 0.15) is 34.1 Å². The molecule has 0 bridgehead atoms. The van der Waals surface area contributed by atoms with Gasteiger partial charge in [0.05, 0.1) is 6.61 Å². The van der Waals surface area contributed by atoms with Crippen LogP contribution in [0.3, 0.4) is 0 Å². The Morgan fingerprint density at radius 1 is 1.45 bits per heavy atom. The number of aliphatic hydroxyl groups excluding tert-OH is 1. The van der Waals surface area contributed by atoms with Gasteiger partial charge in [-0.05, 0) is 13.8 Å². The van der Waals surface area contributed by atoms with E-state index < -0.39 is 12.2 Å². The molecule has 0 saturated heterocycles. The Morgan fingerprint density at radius 2 is 2.00 bits per heavy atom. The van der Waals surface area contributed by atoms with E-state index in [0.717, 1.165) is 11.6 Å². The molecule has 1 N–H and O–H groups in total. The van der Waals surface area contributed by atoms with E-state index in [9.17, 15) is 14.7 Å². The molecule has 7 heteroatoms. The topological polar surface area (TPSA) is 88.4 Å². The van der Waals surface area contributed by atoms with Gasteiger partial charge in [0, 0.05) is 20.1 Å². The first-order valence-corrected chi connectivity index (χ1v) is 6.70. The van der Waals surface area contributed by atoms with Crippen molar-refractivity contribution in [2.75, 3.05) is 26.9 Å². The summed E-state index contributed by atoms with van der Waals surface area (Å²) in [6, 6.07) is 0. The lowest BCUT2D eigenvalue weighted by Gasteiger charge is -2.16. The maximum Gasteiger partial charge on any atom is 0.327 e. The van der Waals surface area contributed by atoms with Gasteiger partial charge in [0.25, 0.3) is 0 Å². The van der Waals surface area contributed by atoms with Crippen LogP contribution < -0.4 is 0 Å². The number of rotatable bonds is 5. The molecular formula is C13H26N2O5. The quantitative estimate of drug-likeness (QED) is 0.595. The van der Waals surface area contributed by atoms with Crippen LogP contribution in [0.4, 0.5) is 0 Å². The summed E-state index contributed by atoms with van der Waals surface area (Å²) < 4.78 is 9.21. The smallest absolute Gasteiger partial charge is 0.327 e. The zero-order valence-electron chi connectivity index (χ0n) is 13.0. The molecule has 1 unspecified atom stereocenters. The molecule has 1 atom stereocenters. The van der Waals surface area contributed by atoms with Crippen LogP contribution >= 0.6 is 0 Å². The summed E-state index contributed by atoms with van der Waals surface area (Å²) in [5.41, 5.74) is 0.238. The third-order valence-electron chi connectivity index (χ3n) is 2.01. The normalized spacial score (nSPS) is 16.2. The van der Waals surface area contributed by atoms with Crippen LogP contribution in [0.5, 0.6) is 0 Å². The molecule has 20 heavy (non-hydrogen) atoms. The number of ether oxygens (including phenoxy) is 2. The van der Waals surface area contributed by atoms with Gasteiger partial charge in [-0.15, -0.1) is 0 Å². The molecule has 0 spiro atoms. The van der Waals surface area contributed by atoms with Gasteiger partial charge < -0.3 is 14.6 Å². The molecular weight excluding hydrogens is 264 g/mol. The Bertz CT molecular complexity index is 292. The first kappa shape index (κ1) is 20.8. The molecule has 7 nitrogen and oxygen atoms in total. The number of nitrogens with zero attached hydrogens (tertiary/aromatic N) is 2. The fraction of sp³-hybridized carbons (Fsp3) is 0.769. The Morgan fingerprint density at radius 3 is 2.35 bits per heavy atom. The summed E-state index contributed by atoms with van der Waals surface area (Å²) in [5, 5.41) is 14.2. The van der Waals surface area contributed by atoms with Gasteiger partial charge >= 0.3 is 5.97 Å². The summed E-state index contributed by atoms with van der Waals surface area (Å²) in [6.45, 7) is 8.62. The first-order valence-electron chi connectivity index (χ1n) is 6.70. The minimum Gasteiger partial charge on any atom is -0.465 e. The van der Waals surface area contributed by atoms with Crippen LogP contribution in [0.15, 0.2) is 5.10 Å². The van der Waals surface area contributed by atoms with Crippen LogP contribution in [0.2, 0.25) is 0 Å². The summed E-state index contributed by atoms with van der Waals surface area (Å²) in [7, 11) is 1.68. The standard InChI is InChI=1S/C8H12N2O4.C3H8O.C2H6/c1-2-14-8(13)4-10-7(12)3-6(5-11)9-10;1-3-4-2;1-2/h5,7,12H,2-4H2,1H3;3H2,1-2H3;1-2H3. The first-order chi connectivity index (χ1) is 9.58. The molecule has 0 amide bonds. The molecule has 1 aliphatic heterocycles. The van der Waals surface area contributed by atoms with E-state index in [1.165, 1.54) is 0 Å². The lowest BCUT2D eigenvalue weighted by molar-refractivity contribution is -0.146. The number of aldehydes is 1. The van der Waals surface area contributed by atoms with Crippen molar-refractivity contribution in [1.29, 1.82) is 0 Å². The molecule has 1 aliphatic rings. The van der Waals surface area contributed by atoms with Crippen LogP contribution in [0, 0.1) is 0 Å². The molecule has 0 radical (unpaired) electrons. The molecule has 0 aromatic carbocycles. The van der Waals surface area contributed by atoms with Crippen LogP contribution in [-0.4, -0.2) is 61.2 Å². The number of carbonyl (C=O) groups is 2. The fourth-order valence-electron chi connectivity index (χ4n) is 1.12. The SMILES string of the molecule is CC.CCOC.CCOC(=O)CN1N=C(C=O)CC1O. The number of esters is 1. The Hall–Kier alpha value is -1.47. The number of hydrazone groups is 1. The van der Waals surface area contributed by atoms with Gasteiger partial charge in [-0.25, -0.2) is 0 Å². The highest BCUT2D eigenvalue weighted by Crippen LogP contribution is 2.11. The van der Waals surface area contributed by atoms with Crippen molar-refractivity contribution in [3.63, 3.8) is 0 Å². The zero-order valence-corrected chi connectivity index (χ0v) is 13.0. The van der Waals surface area contributed by atoms with E-state index in [4.69, 9.17) is 0 Å². The predicted octanol–water partition coefficient (Wildman–Crippen LogP) is 0.807. The highest BCUT2D eigenvalue weighted by Gasteiger charge is 2.25. The summed E-state index contributed by atoms with van der Waals surface area (Å²) in [4.78, 5) is 21.3. The average Bonchev–Trinajstić information content (AvgIpc) is 2.82. The van der Waals surface area contributed by atoms with E-state index in [1.807, 2.05) is 20.8 Å². The summed E-state index contributed by atoms with van der Waals surface area (Å²) in [5.74, 6) is -0.470. The third-order valence-corrected chi connectivity index (χ3v) is 2.01. The van der Waals surface area contributed by atoms with Crippen LogP contribution in [-0.2, 0) is 19.1 Å². The second-order valence-corrected chi connectivity index (χ2v) is 3.37. The van der Waals surface area contributed by atoms with E-state index >= 15 is 0 Å². The molecule has 0 aromatic rings. The Balaban J connectivity index is 0. The van der Waals surface area contributed by atoms with Gasteiger partial charge in [0.2, 0.25) is 0 Å². The van der Waals surface area contributed by atoms with E-state index in [-0.39, 0.29) is 25.3 Å². The molecule has 0 fully saturated rings. The minimum atomic E-state index is -0.903. The van der Waals surface area contributed by atoms with Crippen molar-refractivity contribution in [3.05, 3.63) is 0 Å². The third kappa shape index (κ3) is 9.46. The van der Waals surface area contributed by atoms with Crippen molar-refractivity contribution in [2.24, 2.45) is 5.10 Å². The molecule has 0 saturated carbocycles. The van der Waals surface area contributed by atoms with E-state index in [1.54, 1.807) is 14.0 Å². The minimum absolute atomic E-state index is 0.133. The van der Waals surface area contributed by atoms with Gasteiger partial charge in [-0.3, -0.25) is 14.6 Å². The second-order valence-electron chi connectivity index (χ2n) is 3.37. The number of carbonyl (C=O) groups excluding carboxylic acids is 2. The second kappa shape index (κ2) is 14.0. The summed E-state index contributed by atoms with van der Waals surface area (Å²) in [6.07, 6.45) is -0.184. The predicted molar refractivity (Wildman–Crippen MR) is 76.4 cm³/mol. The molecule has 1 heterocycles. The van der Waals surface area contributed by atoms with Gasteiger partial charge in [0.1, 0.15) is 18.5 Å². The monoisotopic (exact) mass is 290 g/mol. The highest BCUT2D eigenvalue weighted by molar-refractivity contribution is 6.28. The maximum atomic E-state index is 11.0. The number of hydrogen-bond donors (Lipinski definition) is 1. The van der Waals surface area contributed by atoms with Crippen molar-refractivity contribution < 1.29 is 24.2 Å². The van der Waals surface area contributed by atoms with Crippen molar-refractivity contribution in [3.8, 4) is 0 Å². The lowest BCUT2D eigenvalue weighted by Crippen LogP contribution is -2.32. The maximum absolute atomic E-state index is 11.0. The largest absolute Gasteiger partial charge is 0.465 e. The highest BCUT2D eigenvalue weighted by atomic mass is 16.5. The molecule has 0 aromatic heterocycles. The van der Waals surface area contributed by atoms with Crippen molar-refractivity contribution >= 4 is 18.0 Å². The van der Waals surface area contributed by atoms with Crippen molar-refractivity contribution in [2.45, 2.75) is 40.3 Å². The Kier molecular flexibility index (Phi) is 14.5. The number of hydrogen-bond acceptors (Lipinski definition) is 7. The average molecular weight is 290 g/mol. The van der Waals surface area contributed by atoms with Gasteiger partial charge in [-0.2, -0.15) is 5.10 Å². The number of aliphatic hydroxyl groups is 1. The van der Waals surface area contributed by atoms with Crippen LogP contribution in [0.25, 0.3) is 0 Å². The zero-order chi connectivity index (χ0) is 16.0. The molecule has 1 rings (SSSR count). The molecule has 118 valence electrons. The lowest BCUT2D eigenvalue weighted by atomic mass is 10.3. The molecule has 0 aliphatic carbocycles. The van der Waals surface area contributed by atoms with Gasteiger partial charge in [0.15, 0.2) is 6.29 Å². The summed E-state index contributed by atoms with van der Waals surface area (Å²) >= 11 is 0. The van der Waals surface area contributed by atoms with Gasteiger partial charge in [-0.1, -0.05) is 13.8 Å². The van der Waals surface area contributed by atoms with E-state index in [0.29, 0.717) is 6.29 Å². The fourth-order valence-corrected chi connectivity index (χ4v) is 1.12. The van der Waals surface area contributed by atoms with E-state index in [2.05, 4.69) is 14.6 Å².